The molecule has 1 aromatic heterocycles. The first-order chi connectivity index (χ1) is 8.77. The molecule has 1 heterocycles. The molecule has 0 saturated heterocycles. The van der Waals surface area contributed by atoms with Gasteiger partial charge in [0.05, 0.1) is 5.52 Å². The van der Waals surface area contributed by atoms with Crippen molar-refractivity contribution in [2.75, 3.05) is 0 Å². The van der Waals surface area contributed by atoms with Gasteiger partial charge in [-0.25, -0.2) is 0 Å². The summed E-state index contributed by atoms with van der Waals surface area (Å²) in [6, 6.07) is 9.99. The maximum absolute atomic E-state index is 12.4. The largest absolute Gasteiger partial charge is 0.311 e. The highest BCUT2D eigenvalue weighted by Crippen LogP contribution is 2.21. The first-order valence-corrected chi connectivity index (χ1v) is 6.23. The monoisotopic (exact) mass is 237 g/mol. The predicted octanol–water partition coefficient (Wildman–Crippen LogP) is 3.27. The lowest BCUT2D eigenvalue weighted by Gasteiger charge is -2.11. The number of nitrogens with zero attached hydrogens (tertiary/aromatic N) is 1. The fourth-order valence-corrected chi connectivity index (χ4v) is 2.44. The van der Waals surface area contributed by atoms with E-state index in [0.717, 1.165) is 34.9 Å². The predicted molar refractivity (Wildman–Crippen MR) is 75.5 cm³/mol. The molecule has 0 unspecified atom stereocenters. The van der Waals surface area contributed by atoms with Gasteiger partial charge in [0.2, 0.25) is 0 Å². The van der Waals surface area contributed by atoms with Gasteiger partial charge in [0.25, 0.3) is 5.56 Å². The van der Waals surface area contributed by atoms with Crippen LogP contribution in [0, 0.1) is 0 Å². The molecule has 0 spiro atoms. The van der Waals surface area contributed by atoms with E-state index in [2.05, 4.69) is 18.2 Å². The normalized spacial score (nSPS) is 14.8. The molecule has 0 aliphatic heterocycles. The lowest BCUT2D eigenvalue weighted by atomic mass is 9.99. The van der Waals surface area contributed by atoms with Crippen molar-refractivity contribution in [3.63, 3.8) is 0 Å². The van der Waals surface area contributed by atoms with Gasteiger partial charge in [-0.15, -0.1) is 0 Å². The molecule has 2 aromatic rings. The smallest absolute Gasteiger partial charge is 0.258 e. The van der Waals surface area contributed by atoms with E-state index in [4.69, 9.17) is 0 Å². The number of pyridine rings is 1. The zero-order chi connectivity index (χ0) is 12.5. The minimum absolute atomic E-state index is 0.0755. The molecule has 18 heavy (non-hydrogen) atoms. The molecular weight excluding hydrogens is 222 g/mol. The van der Waals surface area contributed by atoms with Gasteiger partial charge in [-0.3, -0.25) is 4.79 Å². The average Bonchev–Trinajstić information content (AvgIpc) is 2.44. The molecule has 0 amide bonds. The molecule has 0 atom stereocenters. The minimum Gasteiger partial charge on any atom is -0.311 e. The van der Waals surface area contributed by atoms with Crippen molar-refractivity contribution in [1.82, 2.24) is 4.57 Å². The summed E-state index contributed by atoms with van der Waals surface area (Å²) in [4.78, 5) is 12.4. The van der Waals surface area contributed by atoms with Crippen LogP contribution in [-0.2, 0) is 7.05 Å². The van der Waals surface area contributed by atoms with E-state index in [1.807, 2.05) is 37.4 Å². The van der Waals surface area contributed by atoms with Crippen LogP contribution in [0.4, 0.5) is 0 Å². The maximum Gasteiger partial charge on any atom is 0.258 e. The van der Waals surface area contributed by atoms with Crippen molar-refractivity contribution in [3.05, 3.63) is 64.5 Å². The van der Waals surface area contributed by atoms with Crippen LogP contribution in [0.25, 0.3) is 16.5 Å². The van der Waals surface area contributed by atoms with Crippen molar-refractivity contribution in [2.45, 2.75) is 12.8 Å². The second-order valence-electron chi connectivity index (χ2n) is 4.62. The molecule has 0 bridgehead atoms. The Balaban J connectivity index is 2.31. The highest BCUT2D eigenvalue weighted by Gasteiger charge is 2.09. The van der Waals surface area contributed by atoms with Crippen molar-refractivity contribution in [2.24, 2.45) is 7.05 Å². The average molecular weight is 237 g/mol. The first-order valence-electron chi connectivity index (χ1n) is 6.23. The highest BCUT2D eigenvalue weighted by atomic mass is 16.1. The standard InChI is InChI=1S/C16H15NO/c1-17-15-10-6-5-9-13(15)11-14(16(17)18)12-7-3-2-4-8-12/h3,5-11H,2,4H2,1H3. The molecule has 2 nitrogen and oxygen atoms in total. The van der Waals surface area contributed by atoms with Crippen LogP contribution in [0.1, 0.15) is 18.4 Å². The molecule has 0 saturated carbocycles. The summed E-state index contributed by atoms with van der Waals surface area (Å²) in [5, 5.41) is 1.11. The summed E-state index contributed by atoms with van der Waals surface area (Å²) < 4.78 is 1.73. The van der Waals surface area contributed by atoms with Gasteiger partial charge in [0.15, 0.2) is 0 Å². The number of fused-ring (bicyclic) bond motifs is 1. The van der Waals surface area contributed by atoms with Gasteiger partial charge in [-0.1, -0.05) is 36.4 Å². The third-order valence-electron chi connectivity index (χ3n) is 3.44. The van der Waals surface area contributed by atoms with E-state index in [1.54, 1.807) is 4.57 Å². The van der Waals surface area contributed by atoms with Crippen LogP contribution in [0.15, 0.2) is 53.4 Å². The molecule has 1 aromatic carbocycles. The lowest BCUT2D eigenvalue weighted by molar-refractivity contribution is 0.900. The number of hydrogen-bond donors (Lipinski definition) is 0. The van der Waals surface area contributed by atoms with Gasteiger partial charge >= 0.3 is 0 Å². The second kappa shape index (κ2) is 4.30. The van der Waals surface area contributed by atoms with Crippen molar-refractivity contribution in [3.8, 4) is 0 Å². The van der Waals surface area contributed by atoms with E-state index in [0.29, 0.717) is 0 Å². The summed E-state index contributed by atoms with van der Waals surface area (Å²) in [5.41, 5.74) is 2.90. The van der Waals surface area contributed by atoms with Crippen molar-refractivity contribution in [1.29, 1.82) is 0 Å². The fraction of sp³-hybridized carbons (Fsp3) is 0.188. The first kappa shape index (κ1) is 11.0. The number of allylic oxidation sites excluding steroid dienone is 4. The van der Waals surface area contributed by atoms with Gasteiger partial charge in [-0.2, -0.15) is 0 Å². The number of hydrogen-bond acceptors (Lipinski definition) is 1. The van der Waals surface area contributed by atoms with Crippen LogP contribution in [0.5, 0.6) is 0 Å². The Morgan fingerprint density at radius 3 is 2.78 bits per heavy atom. The summed E-state index contributed by atoms with van der Waals surface area (Å²) in [7, 11) is 1.83. The van der Waals surface area contributed by atoms with Gasteiger partial charge in [0, 0.05) is 12.6 Å². The molecule has 90 valence electrons. The Morgan fingerprint density at radius 2 is 2.00 bits per heavy atom. The highest BCUT2D eigenvalue weighted by molar-refractivity contribution is 5.85. The van der Waals surface area contributed by atoms with Crippen LogP contribution in [0.2, 0.25) is 0 Å². The molecule has 3 rings (SSSR count). The van der Waals surface area contributed by atoms with Crippen LogP contribution >= 0.6 is 0 Å². The van der Waals surface area contributed by atoms with E-state index in [9.17, 15) is 4.79 Å². The summed E-state index contributed by atoms with van der Waals surface area (Å²) in [5.74, 6) is 0. The van der Waals surface area contributed by atoms with Gasteiger partial charge in [-0.05, 0) is 35.9 Å². The topological polar surface area (TPSA) is 22.0 Å². The van der Waals surface area contributed by atoms with Crippen molar-refractivity contribution < 1.29 is 0 Å². The van der Waals surface area contributed by atoms with Crippen LogP contribution < -0.4 is 5.56 Å². The third kappa shape index (κ3) is 1.70. The summed E-state index contributed by atoms with van der Waals surface area (Å²) in [6.07, 6.45) is 8.41. The van der Waals surface area contributed by atoms with Gasteiger partial charge in [0.1, 0.15) is 0 Å². The quantitative estimate of drug-likeness (QED) is 0.746. The summed E-state index contributed by atoms with van der Waals surface area (Å²) >= 11 is 0. The Labute approximate surface area is 106 Å². The Morgan fingerprint density at radius 1 is 1.17 bits per heavy atom. The zero-order valence-corrected chi connectivity index (χ0v) is 10.4. The van der Waals surface area contributed by atoms with Crippen LogP contribution in [-0.4, -0.2) is 4.57 Å². The Kier molecular flexibility index (Phi) is 2.63. The van der Waals surface area contributed by atoms with Gasteiger partial charge < -0.3 is 4.57 Å². The maximum atomic E-state index is 12.4. The van der Waals surface area contributed by atoms with Crippen LogP contribution in [0.3, 0.4) is 0 Å². The zero-order valence-electron chi connectivity index (χ0n) is 10.4. The molecule has 1 aliphatic rings. The second-order valence-corrected chi connectivity index (χ2v) is 4.62. The summed E-state index contributed by atoms with van der Waals surface area (Å²) in [6.45, 7) is 0. The molecule has 2 heteroatoms. The van der Waals surface area contributed by atoms with E-state index < -0.39 is 0 Å². The van der Waals surface area contributed by atoms with E-state index in [1.165, 1.54) is 0 Å². The molecule has 0 radical (unpaired) electrons. The van der Waals surface area contributed by atoms with E-state index >= 15 is 0 Å². The molecule has 1 aliphatic carbocycles. The van der Waals surface area contributed by atoms with E-state index in [-0.39, 0.29) is 5.56 Å². The SMILES string of the molecule is Cn1c(=O)c(C2=CCCC=C2)cc2ccccc21. The molecule has 0 fully saturated rings. The number of aromatic nitrogens is 1. The Hall–Kier alpha value is -2.09. The van der Waals surface area contributed by atoms with Crippen molar-refractivity contribution >= 4 is 16.5 Å². The fourth-order valence-electron chi connectivity index (χ4n) is 2.44. The molecule has 0 N–H and O–H groups in total. The Bertz CT molecular complexity index is 719. The minimum atomic E-state index is 0.0755. The number of benzene rings is 1. The molecular formula is C16H15NO. The number of rotatable bonds is 1. The number of para-hydroxylation sites is 1. The number of aryl methyl sites for hydroxylation is 1. The lowest BCUT2D eigenvalue weighted by Crippen LogP contribution is -2.20. The third-order valence-corrected chi connectivity index (χ3v) is 3.44.